The van der Waals surface area contributed by atoms with E-state index in [0.29, 0.717) is 6.54 Å². The van der Waals surface area contributed by atoms with Crippen LogP contribution in [0.1, 0.15) is 18.1 Å². The minimum absolute atomic E-state index is 0.129. The topological polar surface area (TPSA) is 20.3 Å². The number of carbonyl (C=O) groups excluding carboxylic acids is 1. The highest BCUT2D eigenvalue weighted by Crippen LogP contribution is 2.22. The van der Waals surface area contributed by atoms with Crippen LogP contribution in [0.25, 0.3) is 5.57 Å². The van der Waals surface area contributed by atoms with Crippen LogP contribution >= 0.6 is 0 Å². The number of carbonyl (C=O) groups is 1. The quantitative estimate of drug-likeness (QED) is 0.629. The van der Waals surface area contributed by atoms with Crippen molar-refractivity contribution in [3.63, 3.8) is 0 Å². The van der Waals surface area contributed by atoms with E-state index in [0.717, 1.165) is 18.5 Å². The molecule has 0 unspecified atom stereocenters. The minimum Gasteiger partial charge on any atom is -0.338 e. The number of rotatable bonds is 0. The second-order valence-electron chi connectivity index (χ2n) is 3.95. The molecule has 1 amide bonds. The molecule has 2 rings (SSSR count). The van der Waals surface area contributed by atoms with Gasteiger partial charge in [0.05, 0.1) is 0 Å². The van der Waals surface area contributed by atoms with Gasteiger partial charge in [0, 0.05) is 20.0 Å². The molecule has 2 nitrogen and oxygen atoms in total. The van der Waals surface area contributed by atoms with Gasteiger partial charge in [0.1, 0.15) is 0 Å². The number of fused-ring (bicyclic) bond motifs is 1. The Bertz CT molecular complexity index is 409. The average molecular weight is 201 g/mol. The van der Waals surface area contributed by atoms with Crippen molar-refractivity contribution in [2.75, 3.05) is 13.1 Å². The fraction of sp³-hybridized carbons (Fsp3) is 0.308. The summed E-state index contributed by atoms with van der Waals surface area (Å²) in [7, 11) is 0. The Morgan fingerprint density at radius 3 is 2.87 bits per heavy atom. The van der Waals surface area contributed by atoms with E-state index in [1.165, 1.54) is 11.1 Å². The molecule has 0 saturated heterocycles. The van der Waals surface area contributed by atoms with Crippen LogP contribution in [0.4, 0.5) is 0 Å². The highest BCUT2D eigenvalue weighted by molar-refractivity contribution is 5.78. The minimum atomic E-state index is 0.129. The molecule has 0 bridgehead atoms. The molecule has 1 heterocycles. The van der Waals surface area contributed by atoms with Crippen LogP contribution in [-0.2, 0) is 11.2 Å². The van der Waals surface area contributed by atoms with Gasteiger partial charge in [-0.3, -0.25) is 4.79 Å². The van der Waals surface area contributed by atoms with Crippen LogP contribution in [0.15, 0.2) is 30.8 Å². The van der Waals surface area contributed by atoms with Gasteiger partial charge < -0.3 is 4.90 Å². The van der Waals surface area contributed by atoms with Gasteiger partial charge in [0.25, 0.3) is 0 Å². The lowest BCUT2D eigenvalue weighted by atomic mass is 10.0. The molecule has 0 N–H and O–H groups in total. The molecule has 0 atom stereocenters. The lowest BCUT2D eigenvalue weighted by Crippen LogP contribution is -2.30. The van der Waals surface area contributed by atoms with Gasteiger partial charge in [-0.2, -0.15) is 0 Å². The number of nitrogens with zero attached hydrogens (tertiary/aromatic N) is 1. The summed E-state index contributed by atoms with van der Waals surface area (Å²) in [6, 6.07) is 8.26. The van der Waals surface area contributed by atoms with Crippen LogP contribution in [0.5, 0.6) is 0 Å². The second-order valence-corrected chi connectivity index (χ2v) is 3.95. The first kappa shape index (κ1) is 9.97. The van der Waals surface area contributed by atoms with E-state index in [9.17, 15) is 4.79 Å². The van der Waals surface area contributed by atoms with Gasteiger partial charge in [0.2, 0.25) is 5.91 Å². The first-order chi connectivity index (χ1) is 7.18. The van der Waals surface area contributed by atoms with Crippen LogP contribution in [0.3, 0.4) is 0 Å². The average Bonchev–Trinajstić information content (AvgIpc) is 2.39. The molecule has 2 heteroatoms. The number of amides is 1. The van der Waals surface area contributed by atoms with Gasteiger partial charge >= 0.3 is 0 Å². The molecule has 0 radical (unpaired) electrons. The molecule has 1 aliphatic rings. The summed E-state index contributed by atoms with van der Waals surface area (Å²) in [6.45, 7) is 7.12. The van der Waals surface area contributed by atoms with E-state index in [1.807, 2.05) is 17.0 Å². The van der Waals surface area contributed by atoms with E-state index in [1.54, 1.807) is 6.92 Å². The fourth-order valence-corrected chi connectivity index (χ4v) is 2.00. The monoisotopic (exact) mass is 201 g/mol. The maximum absolute atomic E-state index is 11.3. The third-order valence-electron chi connectivity index (χ3n) is 2.88. The van der Waals surface area contributed by atoms with Crippen LogP contribution < -0.4 is 0 Å². The second kappa shape index (κ2) is 3.89. The zero-order valence-electron chi connectivity index (χ0n) is 8.99. The Labute approximate surface area is 90.2 Å². The first-order valence-electron chi connectivity index (χ1n) is 5.20. The van der Waals surface area contributed by atoms with Gasteiger partial charge in [-0.05, 0) is 23.1 Å². The Hall–Kier alpha value is -1.57. The van der Waals surface area contributed by atoms with Gasteiger partial charge in [-0.15, -0.1) is 0 Å². The van der Waals surface area contributed by atoms with Crippen LogP contribution in [0, 0.1) is 0 Å². The highest BCUT2D eigenvalue weighted by atomic mass is 16.2. The van der Waals surface area contributed by atoms with Crippen LogP contribution in [0.2, 0.25) is 0 Å². The zero-order chi connectivity index (χ0) is 10.8. The molecule has 0 aliphatic carbocycles. The molecular formula is C13H15NO. The van der Waals surface area contributed by atoms with E-state index in [2.05, 4.69) is 18.7 Å². The van der Waals surface area contributed by atoms with Crippen molar-refractivity contribution in [1.82, 2.24) is 4.90 Å². The molecular weight excluding hydrogens is 186 g/mol. The third-order valence-corrected chi connectivity index (χ3v) is 2.88. The zero-order valence-corrected chi connectivity index (χ0v) is 8.99. The van der Waals surface area contributed by atoms with Crippen molar-refractivity contribution < 1.29 is 4.79 Å². The third kappa shape index (κ3) is 1.94. The summed E-state index contributed by atoms with van der Waals surface area (Å²) in [5.41, 5.74) is 3.55. The number of hydrogen-bond acceptors (Lipinski definition) is 1. The summed E-state index contributed by atoms with van der Waals surface area (Å²) >= 11 is 0. The molecule has 1 aliphatic heterocycles. The number of hydrogen-bond donors (Lipinski definition) is 0. The summed E-state index contributed by atoms with van der Waals surface area (Å²) in [4.78, 5) is 13.2. The van der Waals surface area contributed by atoms with Gasteiger partial charge in [0.15, 0.2) is 0 Å². The highest BCUT2D eigenvalue weighted by Gasteiger charge is 2.17. The first-order valence-corrected chi connectivity index (χ1v) is 5.20. The SMILES string of the molecule is C=C1CN(C(C)=O)CCc2ccccc21. The van der Waals surface area contributed by atoms with Crippen molar-refractivity contribution in [1.29, 1.82) is 0 Å². The van der Waals surface area contributed by atoms with E-state index in [4.69, 9.17) is 0 Å². The van der Waals surface area contributed by atoms with Crippen molar-refractivity contribution in [2.45, 2.75) is 13.3 Å². The van der Waals surface area contributed by atoms with Crippen molar-refractivity contribution >= 4 is 11.5 Å². The van der Waals surface area contributed by atoms with E-state index in [-0.39, 0.29) is 5.91 Å². The molecule has 15 heavy (non-hydrogen) atoms. The Morgan fingerprint density at radius 1 is 1.40 bits per heavy atom. The number of benzene rings is 1. The standard InChI is InChI=1S/C13H15NO/c1-10-9-14(11(2)15)8-7-12-5-3-4-6-13(10)12/h3-6H,1,7-9H2,2H3. The molecule has 0 spiro atoms. The summed E-state index contributed by atoms with van der Waals surface area (Å²) in [5.74, 6) is 0.129. The summed E-state index contributed by atoms with van der Waals surface area (Å²) in [6.07, 6.45) is 0.925. The van der Waals surface area contributed by atoms with Crippen molar-refractivity contribution in [3.05, 3.63) is 42.0 Å². The molecule has 0 saturated carbocycles. The predicted octanol–water partition coefficient (Wildman–Crippen LogP) is 2.10. The van der Waals surface area contributed by atoms with E-state index >= 15 is 0 Å². The maximum atomic E-state index is 11.3. The van der Waals surface area contributed by atoms with Crippen molar-refractivity contribution in [2.24, 2.45) is 0 Å². The summed E-state index contributed by atoms with van der Waals surface area (Å²) in [5, 5.41) is 0. The molecule has 1 aromatic carbocycles. The lowest BCUT2D eigenvalue weighted by molar-refractivity contribution is -0.128. The normalized spacial score (nSPS) is 15.8. The van der Waals surface area contributed by atoms with Crippen molar-refractivity contribution in [3.8, 4) is 0 Å². The fourth-order valence-electron chi connectivity index (χ4n) is 2.00. The summed E-state index contributed by atoms with van der Waals surface area (Å²) < 4.78 is 0. The largest absolute Gasteiger partial charge is 0.338 e. The Morgan fingerprint density at radius 2 is 2.13 bits per heavy atom. The molecule has 1 aromatic rings. The molecule has 0 aromatic heterocycles. The smallest absolute Gasteiger partial charge is 0.219 e. The van der Waals surface area contributed by atoms with Gasteiger partial charge in [-0.25, -0.2) is 0 Å². The van der Waals surface area contributed by atoms with Crippen LogP contribution in [-0.4, -0.2) is 23.9 Å². The van der Waals surface area contributed by atoms with Gasteiger partial charge in [-0.1, -0.05) is 30.8 Å². The Balaban J connectivity index is 2.32. The molecule has 78 valence electrons. The van der Waals surface area contributed by atoms with E-state index < -0.39 is 0 Å². The maximum Gasteiger partial charge on any atom is 0.219 e. The predicted molar refractivity (Wildman–Crippen MR) is 61.4 cm³/mol. The molecule has 0 fully saturated rings. The lowest BCUT2D eigenvalue weighted by Gasteiger charge is -2.18. The Kier molecular flexibility index (Phi) is 2.58.